The fraction of sp³-hybridized carbons (Fsp3) is 0.467. The van der Waals surface area contributed by atoms with E-state index >= 15 is 0 Å². The topological polar surface area (TPSA) is 66.4 Å². The second-order valence-electron chi connectivity index (χ2n) is 5.15. The molecule has 2 N–H and O–H groups in total. The molecule has 104 valence electrons. The molecule has 0 aliphatic heterocycles. The highest BCUT2D eigenvalue weighted by molar-refractivity contribution is 5.96. The Morgan fingerprint density at radius 3 is 2.42 bits per heavy atom. The van der Waals surface area contributed by atoms with Gasteiger partial charge >= 0.3 is 5.97 Å². The van der Waals surface area contributed by atoms with Gasteiger partial charge in [-0.2, -0.15) is 0 Å². The van der Waals surface area contributed by atoms with Crippen molar-refractivity contribution >= 4 is 11.9 Å². The quantitative estimate of drug-likeness (QED) is 0.857. The monoisotopic (exact) mass is 263 g/mol. The SMILES string of the molecule is Cc1cccc(C(=O)NCC(C(=O)O)C(C)C)c1C. The summed E-state index contributed by atoms with van der Waals surface area (Å²) in [5.41, 5.74) is 2.58. The molecule has 1 amide bonds. The lowest BCUT2D eigenvalue weighted by Crippen LogP contribution is -2.35. The maximum absolute atomic E-state index is 12.1. The van der Waals surface area contributed by atoms with Gasteiger partial charge in [0.1, 0.15) is 0 Å². The summed E-state index contributed by atoms with van der Waals surface area (Å²) in [6.07, 6.45) is 0. The van der Waals surface area contributed by atoms with E-state index in [-0.39, 0.29) is 18.4 Å². The first-order chi connectivity index (χ1) is 8.84. The number of hydrogen-bond acceptors (Lipinski definition) is 2. The predicted octanol–water partition coefficient (Wildman–Crippen LogP) is 2.39. The molecule has 19 heavy (non-hydrogen) atoms. The number of aliphatic carboxylic acids is 1. The zero-order valence-corrected chi connectivity index (χ0v) is 11.9. The third kappa shape index (κ3) is 3.81. The fourth-order valence-corrected chi connectivity index (χ4v) is 1.90. The Balaban J connectivity index is 2.75. The zero-order chi connectivity index (χ0) is 14.6. The minimum absolute atomic E-state index is 0.0172. The molecule has 0 heterocycles. The van der Waals surface area contributed by atoms with E-state index in [1.54, 1.807) is 6.07 Å². The van der Waals surface area contributed by atoms with E-state index in [1.807, 2.05) is 39.8 Å². The summed E-state index contributed by atoms with van der Waals surface area (Å²) >= 11 is 0. The predicted molar refractivity (Wildman–Crippen MR) is 74.2 cm³/mol. The van der Waals surface area contributed by atoms with Crippen molar-refractivity contribution in [3.63, 3.8) is 0 Å². The van der Waals surface area contributed by atoms with Crippen molar-refractivity contribution in [3.8, 4) is 0 Å². The molecule has 1 unspecified atom stereocenters. The second-order valence-corrected chi connectivity index (χ2v) is 5.15. The molecule has 0 radical (unpaired) electrons. The Hall–Kier alpha value is -1.84. The van der Waals surface area contributed by atoms with Gasteiger partial charge in [0.25, 0.3) is 5.91 Å². The molecule has 0 saturated carbocycles. The largest absolute Gasteiger partial charge is 0.481 e. The number of nitrogens with one attached hydrogen (secondary N) is 1. The van der Waals surface area contributed by atoms with Gasteiger partial charge in [-0.1, -0.05) is 26.0 Å². The van der Waals surface area contributed by atoms with Gasteiger partial charge in [0, 0.05) is 12.1 Å². The Morgan fingerprint density at radius 1 is 1.26 bits per heavy atom. The molecule has 1 rings (SSSR count). The average molecular weight is 263 g/mol. The summed E-state index contributed by atoms with van der Waals surface area (Å²) in [5, 5.41) is 11.8. The van der Waals surface area contributed by atoms with E-state index in [0.29, 0.717) is 5.56 Å². The zero-order valence-electron chi connectivity index (χ0n) is 11.9. The summed E-state index contributed by atoms with van der Waals surface area (Å²) in [5.74, 6) is -1.67. The van der Waals surface area contributed by atoms with E-state index < -0.39 is 11.9 Å². The lowest BCUT2D eigenvalue weighted by molar-refractivity contribution is -0.142. The normalized spacial score (nSPS) is 12.3. The molecule has 0 fully saturated rings. The molecule has 4 heteroatoms. The van der Waals surface area contributed by atoms with Gasteiger partial charge < -0.3 is 10.4 Å². The van der Waals surface area contributed by atoms with Crippen LogP contribution in [0.4, 0.5) is 0 Å². The van der Waals surface area contributed by atoms with Gasteiger partial charge in [-0.15, -0.1) is 0 Å². The van der Waals surface area contributed by atoms with E-state index in [1.165, 1.54) is 0 Å². The van der Waals surface area contributed by atoms with Gasteiger partial charge in [0.15, 0.2) is 0 Å². The average Bonchev–Trinajstić information content (AvgIpc) is 2.31. The molecule has 1 aromatic carbocycles. The molecule has 1 atom stereocenters. The highest BCUT2D eigenvalue weighted by Crippen LogP contribution is 2.14. The van der Waals surface area contributed by atoms with Gasteiger partial charge in [-0.3, -0.25) is 9.59 Å². The van der Waals surface area contributed by atoms with Crippen LogP contribution < -0.4 is 5.32 Å². The lowest BCUT2D eigenvalue weighted by Gasteiger charge is -2.17. The number of carboxylic acids is 1. The summed E-state index contributed by atoms with van der Waals surface area (Å²) in [4.78, 5) is 23.1. The van der Waals surface area contributed by atoms with Crippen LogP contribution >= 0.6 is 0 Å². The first kappa shape index (κ1) is 15.2. The minimum Gasteiger partial charge on any atom is -0.481 e. The van der Waals surface area contributed by atoms with Crippen molar-refractivity contribution in [2.24, 2.45) is 11.8 Å². The van der Waals surface area contributed by atoms with E-state index in [9.17, 15) is 9.59 Å². The van der Waals surface area contributed by atoms with E-state index in [4.69, 9.17) is 5.11 Å². The van der Waals surface area contributed by atoms with E-state index in [2.05, 4.69) is 5.32 Å². The van der Waals surface area contributed by atoms with Crippen LogP contribution in [-0.2, 0) is 4.79 Å². The highest BCUT2D eigenvalue weighted by atomic mass is 16.4. The third-order valence-electron chi connectivity index (χ3n) is 3.45. The molecule has 0 aliphatic rings. The molecule has 4 nitrogen and oxygen atoms in total. The Labute approximate surface area is 113 Å². The van der Waals surface area contributed by atoms with Crippen LogP contribution in [-0.4, -0.2) is 23.5 Å². The molecular weight excluding hydrogens is 242 g/mol. The van der Waals surface area contributed by atoms with Crippen molar-refractivity contribution in [2.75, 3.05) is 6.54 Å². The van der Waals surface area contributed by atoms with Crippen molar-refractivity contribution in [1.29, 1.82) is 0 Å². The number of carboxylic acid groups (broad SMARTS) is 1. The van der Waals surface area contributed by atoms with Crippen LogP contribution in [0.1, 0.15) is 35.3 Å². The molecule has 0 aromatic heterocycles. The van der Waals surface area contributed by atoms with E-state index in [0.717, 1.165) is 11.1 Å². The highest BCUT2D eigenvalue weighted by Gasteiger charge is 2.22. The van der Waals surface area contributed by atoms with Gasteiger partial charge in [0.2, 0.25) is 0 Å². The molecular formula is C15H21NO3. The number of carbonyl (C=O) groups excluding carboxylic acids is 1. The third-order valence-corrected chi connectivity index (χ3v) is 3.45. The number of benzene rings is 1. The molecule has 0 saturated heterocycles. The van der Waals surface area contributed by atoms with Crippen LogP contribution in [0, 0.1) is 25.7 Å². The lowest BCUT2D eigenvalue weighted by atomic mass is 9.95. The summed E-state index contributed by atoms with van der Waals surface area (Å²) in [7, 11) is 0. The number of aryl methyl sites for hydroxylation is 1. The van der Waals surface area contributed by atoms with Gasteiger partial charge in [-0.05, 0) is 37.0 Å². The molecule has 0 spiro atoms. The Bertz CT molecular complexity index is 480. The number of amides is 1. The molecule has 0 aliphatic carbocycles. The molecule has 0 bridgehead atoms. The maximum Gasteiger partial charge on any atom is 0.308 e. The first-order valence-corrected chi connectivity index (χ1v) is 6.41. The van der Waals surface area contributed by atoms with Crippen molar-refractivity contribution in [3.05, 3.63) is 34.9 Å². The van der Waals surface area contributed by atoms with Crippen molar-refractivity contribution < 1.29 is 14.7 Å². The summed E-state index contributed by atoms with van der Waals surface area (Å²) in [6.45, 7) is 7.66. The van der Waals surface area contributed by atoms with Crippen molar-refractivity contribution in [2.45, 2.75) is 27.7 Å². The minimum atomic E-state index is -0.878. The standard InChI is InChI=1S/C15H21NO3/c1-9(2)13(15(18)19)8-16-14(17)12-7-5-6-10(3)11(12)4/h5-7,9,13H,8H2,1-4H3,(H,16,17)(H,18,19). The molecule has 1 aromatic rings. The van der Waals surface area contributed by atoms with Crippen LogP contribution in [0.5, 0.6) is 0 Å². The van der Waals surface area contributed by atoms with Crippen LogP contribution in [0.3, 0.4) is 0 Å². The number of rotatable bonds is 5. The van der Waals surface area contributed by atoms with Crippen LogP contribution in [0.15, 0.2) is 18.2 Å². The summed E-state index contributed by atoms with van der Waals surface area (Å²) < 4.78 is 0. The van der Waals surface area contributed by atoms with Gasteiger partial charge in [0.05, 0.1) is 5.92 Å². The smallest absolute Gasteiger partial charge is 0.308 e. The number of hydrogen-bond donors (Lipinski definition) is 2. The van der Waals surface area contributed by atoms with Gasteiger partial charge in [-0.25, -0.2) is 0 Å². The maximum atomic E-state index is 12.1. The fourth-order valence-electron chi connectivity index (χ4n) is 1.90. The number of carbonyl (C=O) groups is 2. The Kier molecular flexibility index (Phi) is 5.10. The first-order valence-electron chi connectivity index (χ1n) is 6.41. The van der Waals surface area contributed by atoms with Crippen LogP contribution in [0.25, 0.3) is 0 Å². The van der Waals surface area contributed by atoms with Crippen molar-refractivity contribution in [1.82, 2.24) is 5.32 Å². The summed E-state index contributed by atoms with van der Waals surface area (Å²) in [6, 6.07) is 5.53. The second kappa shape index (κ2) is 6.36. The Morgan fingerprint density at radius 2 is 1.89 bits per heavy atom. The van der Waals surface area contributed by atoms with Crippen LogP contribution in [0.2, 0.25) is 0 Å².